The molecular weight excluding hydrogens is 1080 g/mol. The smallest absolute Gasteiger partial charge is 0.223 e. The third kappa shape index (κ3) is 26.5. The molecular formula is C74H128N2O7Si2. The predicted molar refractivity (Wildman–Crippen MR) is 367 cm³/mol. The van der Waals surface area contributed by atoms with Gasteiger partial charge in [0.2, 0.25) is 11.8 Å². The van der Waals surface area contributed by atoms with E-state index in [0.717, 1.165) is 67.1 Å². The largest absolute Gasteiger partial charge is 0.494 e. The maximum absolute atomic E-state index is 14.1. The highest BCUT2D eigenvalue weighted by Crippen LogP contribution is 2.44. The van der Waals surface area contributed by atoms with E-state index in [2.05, 4.69) is 93.7 Å². The summed E-state index contributed by atoms with van der Waals surface area (Å²) in [6.45, 7) is 39.6. The summed E-state index contributed by atoms with van der Waals surface area (Å²) in [6, 6.07) is 25.4. The molecule has 2 atom stereocenters. The van der Waals surface area contributed by atoms with Crippen molar-refractivity contribution in [1.29, 1.82) is 0 Å². The molecule has 0 radical (unpaired) electrons. The van der Waals surface area contributed by atoms with E-state index in [0.29, 0.717) is 59.3 Å². The SMILES string of the molecule is C.CC(C)C[C@H](NC(=O)[C@@H](C)Cc1ccccc1)C(=O)CCC(=O)NC(C)(c1ccc(OCCCCCCCCCCCO[Si](C(C)C)(C(C)C)C(C)C)cc1)c1ccc(OCCCCCCCCCCCO[Si](C(C)C)(C(C)C)C(C)C)cc1. The molecule has 9 nitrogen and oxygen atoms in total. The Morgan fingerprint density at radius 3 is 1.13 bits per heavy atom. The van der Waals surface area contributed by atoms with Crippen molar-refractivity contribution < 1.29 is 32.7 Å². The van der Waals surface area contributed by atoms with Crippen LogP contribution >= 0.6 is 0 Å². The van der Waals surface area contributed by atoms with E-state index in [1.807, 2.05) is 107 Å². The van der Waals surface area contributed by atoms with Gasteiger partial charge in [-0.3, -0.25) is 14.4 Å². The van der Waals surface area contributed by atoms with Gasteiger partial charge < -0.3 is 29.0 Å². The average molecular weight is 1210 g/mol. The summed E-state index contributed by atoms with van der Waals surface area (Å²) in [4.78, 5) is 41.3. The summed E-state index contributed by atoms with van der Waals surface area (Å²) in [5.41, 5.74) is 5.81. The number of rotatable bonds is 47. The van der Waals surface area contributed by atoms with Crippen molar-refractivity contribution >= 4 is 34.2 Å². The van der Waals surface area contributed by atoms with Crippen molar-refractivity contribution in [3.8, 4) is 11.5 Å². The average Bonchev–Trinajstić information content (AvgIpc) is 3.23. The summed E-state index contributed by atoms with van der Waals surface area (Å²) in [6.07, 6.45) is 23.0. The number of carbonyl (C=O) groups excluding carboxylic acids is 3. The van der Waals surface area contributed by atoms with Gasteiger partial charge in [0.1, 0.15) is 11.5 Å². The van der Waals surface area contributed by atoms with Crippen LogP contribution in [0.4, 0.5) is 0 Å². The number of ketones is 1. The quantitative estimate of drug-likeness (QED) is 0.0428. The fourth-order valence-corrected chi connectivity index (χ4v) is 24.7. The molecule has 3 aromatic carbocycles. The Bertz CT molecular complexity index is 2080. The molecule has 11 heteroatoms. The van der Waals surface area contributed by atoms with Gasteiger partial charge in [-0.1, -0.05) is 256 Å². The van der Waals surface area contributed by atoms with E-state index < -0.39 is 28.2 Å². The van der Waals surface area contributed by atoms with Crippen LogP contribution in [0.1, 0.15) is 270 Å². The first kappa shape index (κ1) is 77.3. The molecule has 0 fully saturated rings. The first-order chi connectivity index (χ1) is 40.0. The second-order valence-electron chi connectivity index (χ2n) is 27.4. The fraction of sp³-hybridized carbons (Fsp3) is 0.716. The molecule has 2 amide bonds. The zero-order chi connectivity index (χ0) is 62.1. The van der Waals surface area contributed by atoms with Gasteiger partial charge in [0.25, 0.3) is 0 Å². The summed E-state index contributed by atoms with van der Waals surface area (Å²) in [7, 11) is -3.53. The van der Waals surface area contributed by atoms with Crippen LogP contribution in [0, 0.1) is 11.8 Å². The molecule has 484 valence electrons. The van der Waals surface area contributed by atoms with E-state index in [9.17, 15) is 14.4 Å². The van der Waals surface area contributed by atoms with E-state index >= 15 is 0 Å². The minimum atomic E-state index is -1.76. The number of carbonyl (C=O) groups is 3. The van der Waals surface area contributed by atoms with Crippen LogP contribution in [-0.2, 0) is 35.2 Å². The zero-order valence-electron chi connectivity index (χ0n) is 56.4. The lowest BCUT2D eigenvalue weighted by Gasteiger charge is -2.42. The Kier molecular flexibility index (Phi) is 37.7. The lowest BCUT2D eigenvalue weighted by molar-refractivity contribution is -0.131. The molecule has 2 N–H and O–H groups in total. The minimum absolute atomic E-state index is 0. The van der Waals surface area contributed by atoms with Crippen molar-refractivity contribution in [2.75, 3.05) is 26.4 Å². The van der Waals surface area contributed by atoms with Crippen molar-refractivity contribution in [2.45, 2.75) is 304 Å². The van der Waals surface area contributed by atoms with Crippen LogP contribution in [0.5, 0.6) is 11.5 Å². The third-order valence-corrected chi connectivity index (χ3v) is 30.6. The predicted octanol–water partition coefficient (Wildman–Crippen LogP) is 20.6. The highest BCUT2D eigenvalue weighted by molar-refractivity contribution is 6.78. The second kappa shape index (κ2) is 41.4. The number of amides is 2. The second-order valence-corrected chi connectivity index (χ2v) is 38.3. The van der Waals surface area contributed by atoms with Crippen LogP contribution in [0.15, 0.2) is 78.9 Å². The molecule has 0 heterocycles. The van der Waals surface area contributed by atoms with Crippen LogP contribution in [-0.4, -0.2) is 66.7 Å². The first-order valence-electron chi connectivity index (χ1n) is 33.9. The number of unbranched alkanes of at least 4 members (excludes halogenated alkanes) is 16. The number of ether oxygens (including phenoxy) is 2. The topological polar surface area (TPSA) is 112 Å². The molecule has 0 bridgehead atoms. The van der Waals surface area contributed by atoms with E-state index in [4.69, 9.17) is 18.3 Å². The number of benzene rings is 3. The maximum Gasteiger partial charge on any atom is 0.223 e. The lowest BCUT2D eigenvalue weighted by Crippen LogP contribution is -2.47. The highest BCUT2D eigenvalue weighted by Gasteiger charge is 2.46. The number of Topliss-reactive ketones (excluding diaryl/α,β-unsaturated/α-hetero) is 1. The van der Waals surface area contributed by atoms with Gasteiger partial charge in [-0.25, -0.2) is 0 Å². The molecule has 0 aliphatic heterocycles. The van der Waals surface area contributed by atoms with Gasteiger partial charge in [0, 0.05) is 32.0 Å². The number of hydrogen-bond donors (Lipinski definition) is 2. The van der Waals surface area contributed by atoms with E-state index in [-0.39, 0.29) is 49.7 Å². The van der Waals surface area contributed by atoms with E-state index in [1.165, 1.54) is 89.9 Å². The van der Waals surface area contributed by atoms with Crippen LogP contribution in [0.2, 0.25) is 33.2 Å². The van der Waals surface area contributed by atoms with Crippen molar-refractivity contribution in [3.63, 3.8) is 0 Å². The monoisotopic (exact) mass is 1210 g/mol. The van der Waals surface area contributed by atoms with Crippen molar-refractivity contribution in [1.82, 2.24) is 10.6 Å². The molecule has 0 spiro atoms. The van der Waals surface area contributed by atoms with Crippen LogP contribution in [0.3, 0.4) is 0 Å². The fourth-order valence-electron chi connectivity index (χ4n) is 13.7. The standard InChI is InChI=1S/C73H124N2O7Si2.CH4/c1-56(2)54-69(74-72(78)63(15)55-64-38-32-31-33-39-64)70(76)48-49-71(77)75-73(16,65-40-44-67(45-41-65)79-50-34-27-23-19-17-21-25-29-36-52-81-83(57(3)4,58(5)6)59(7)8)66-42-46-68(47-43-66)80-51-35-28-24-20-18-22-26-30-37-53-82-84(60(9)10,61(11)12)62(13)14;/h31-33,38-47,56-63,69H,17-30,34-37,48-55H2,1-16H3,(H,74,78)(H,75,77);1H4/t63-,69-;/m0./s1. The molecule has 0 aromatic heterocycles. The molecule has 0 saturated heterocycles. The molecule has 0 saturated carbocycles. The highest BCUT2D eigenvalue weighted by atomic mass is 28.4. The Morgan fingerprint density at radius 1 is 0.447 bits per heavy atom. The molecule has 3 aromatic rings. The zero-order valence-corrected chi connectivity index (χ0v) is 58.4. The van der Waals surface area contributed by atoms with Gasteiger partial charge in [-0.05, 0) is 126 Å². The third-order valence-electron chi connectivity index (χ3n) is 18.3. The molecule has 0 unspecified atom stereocenters. The van der Waals surface area contributed by atoms with Gasteiger partial charge in [0.15, 0.2) is 22.4 Å². The van der Waals surface area contributed by atoms with Crippen molar-refractivity contribution in [3.05, 3.63) is 95.6 Å². The van der Waals surface area contributed by atoms with Gasteiger partial charge in [0.05, 0.1) is 24.8 Å². The minimum Gasteiger partial charge on any atom is -0.494 e. The van der Waals surface area contributed by atoms with Crippen molar-refractivity contribution in [2.24, 2.45) is 11.8 Å². The van der Waals surface area contributed by atoms with Gasteiger partial charge >= 0.3 is 0 Å². The maximum atomic E-state index is 14.1. The number of nitrogens with one attached hydrogen (secondary N) is 2. The summed E-state index contributed by atoms with van der Waals surface area (Å²) in [5.74, 6) is 0.965. The Hall–Kier alpha value is -3.78. The Morgan fingerprint density at radius 2 is 0.788 bits per heavy atom. The summed E-state index contributed by atoms with van der Waals surface area (Å²) < 4.78 is 26.0. The summed E-state index contributed by atoms with van der Waals surface area (Å²) >= 11 is 0. The molecule has 3 rings (SSSR count). The van der Waals surface area contributed by atoms with E-state index in [1.54, 1.807) is 0 Å². The molecule has 85 heavy (non-hydrogen) atoms. The van der Waals surface area contributed by atoms with Gasteiger partial charge in [-0.2, -0.15) is 0 Å². The van der Waals surface area contributed by atoms with Crippen LogP contribution in [0.25, 0.3) is 0 Å². The van der Waals surface area contributed by atoms with Gasteiger partial charge in [-0.15, -0.1) is 0 Å². The first-order valence-corrected chi connectivity index (χ1v) is 38.2. The normalized spacial score (nSPS) is 13.1. The Balaban J connectivity index is 0.0000247. The summed E-state index contributed by atoms with van der Waals surface area (Å²) in [5, 5.41) is 6.39. The number of hydrogen-bond acceptors (Lipinski definition) is 7. The van der Waals surface area contributed by atoms with Crippen LogP contribution < -0.4 is 20.1 Å². The molecule has 0 aliphatic carbocycles. The molecule has 0 aliphatic rings. The Labute approximate surface area is 524 Å². The lowest BCUT2D eigenvalue weighted by atomic mass is 9.84.